The summed E-state index contributed by atoms with van der Waals surface area (Å²) < 4.78 is 12.6. The Morgan fingerprint density at radius 3 is 2.48 bits per heavy atom. The zero-order chi connectivity index (χ0) is 19.2. The van der Waals surface area contributed by atoms with Crippen LogP contribution in [-0.2, 0) is 9.47 Å². The molecule has 5 rings (SSSR count). The molecule has 0 spiro atoms. The molecule has 0 radical (unpaired) electrons. The van der Waals surface area contributed by atoms with Crippen molar-refractivity contribution in [1.29, 1.82) is 0 Å². The van der Waals surface area contributed by atoms with Crippen molar-refractivity contribution in [1.82, 2.24) is 0 Å². The molecule has 27 heavy (non-hydrogen) atoms. The van der Waals surface area contributed by atoms with Gasteiger partial charge in [-0.05, 0) is 100 Å². The lowest BCUT2D eigenvalue weighted by molar-refractivity contribution is 0.00964. The van der Waals surface area contributed by atoms with Crippen LogP contribution in [0.2, 0.25) is 0 Å². The Morgan fingerprint density at radius 2 is 1.74 bits per heavy atom. The maximum Gasteiger partial charge on any atom is 0.0954 e. The number of hydrogen-bond donors (Lipinski definition) is 0. The van der Waals surface area contributed by atoms with Crippen LogP contribution in [0.3, 0.4) is 0 Å². The third kappa shape index (κ3) is 2.80. The minimum absolute atomic E-state index is 0.0874. The third-order valence-electron chi connectivity index (χ3n) is 9.90. The van der Waals surface area contributed by atoms with Crippen molar-refractivity contribution in [3.05, 3.63) is 12.2 Å². The molecule has 0 aromatic rings. The molecule has 0 amide bonds. The molecule has 152 valence electrons. The topological polar surface area (TPSA) is 25.1 Å². The lowest BCUT2D eigenvalue weighted by Crippen LogP contribution is -2.45. The second-order valence-electron chi connectivity index (χ2n) is 11.8. The first-order valence-corrected chi connectivity index (χ1v) is 11.7. The van der Waals surface area contributed by atoms with Gasteiger partial charge >= 0.3 is 0 Å². The molecule has 2 saturated heterocycles. The van der Waals surface area contributed by atoms with Crippen LogP contribution in [0.25, 0.3) is 0 Å². The van der Waals surface area contributed by atoms with E-state index >= 15 is 0 Å². The molecule has 2 nitrogen and oxygen atoms in total. The number of fused-ring (bicyclic) bond motifs is 5. The zero-order valence-electron chi connectivity index (χ0n) is 18.2. The first-order valence-electron chi connectivity index (χ1n) is 11.7. The summed E-state index contributed by atoms with van der Waals surface area (Å²) in [6, 6.07) is 0. The molecule has 0 bridgehead atoms. The van der Waals surface area contributed by atoms with E-state index in [0.717, 1.165) is 30.6 Å². The fourth-order valence-corrected chi connectivity index (χ4v) is 7.79. The van der Waals surface area contributed by atoms with Crippen molar-refractivity contribution in [3.63, 3.8) is 0 Å². The molecule has 0 N–H and O–H groups in total. The highest BCUT2D eigenvalue weighted by Gasteiger charge is 2.65. The van der Waals surface area contributed by atoms with Crippen LogP contribution in [-0.4, -0.2) is 23.4 Å². The van der Waals surface area contributed by atoms with E-state index in [0.29, 0.717) is 29.5 Å². The molecule has 5 aliphatic rings. The number of ether oxygens (including phenoxy) is 2. The van der Waals surface area contributed by atoms with E-state index in [1.54, 1.807) is 0 Å². The Bertz CT molecular complexity index is 640. The quantitative estimate of drug-likeness (QED) is 0.407. The fourth-order valence-electron chi connectivity index (χ4n) is 7.79. The molecular formula is C25H40O2. The van der Waals surface area contributed by atoms with E-state index in [4.69, 9.17) is 9.47 Å². The highest BCUT2D eigenvalue weighted by atomic mass is 16.6. The van der Waals surface area contributed by atoms with Gasteiger partial charge in [0.25, 0.3) is 0 Å². The van der Waals surface area contributed by atoms with E-state index in [2.05, 4.69) is 41.2 Å². The summed E-state index contributed by atoms with van der Waals surface area (Å²) in [5.41, 5.74) is 2.23. The molecule has 2 heteroatoms. The number of rotatable bonds is 1. The van der Waals surface area contributed by atoms with Gasteiger partial charge in [-0.3, -0.25) is 0 Å². The van der Waals surface area contributed by atoms with E-state index in [1.807, 2.05) is 0 Å². The van der Waals surface area contributed by atoms with Crippen molar-refractivity contribution in [2.45, 2.75) is 109 Å². The van der Waals surface area contributed by atoms with Crippen molar-refractivity contribution >= 4 is 0 Å². The minimum Gasteiger partial charge on any atom is -0.366 e. The summed E-state index contributed by atoms with van der Waals surface area (Å²) in [7, 11) is 0. The van der Waals surface area contributed by atoms with Crippen molar-refractivity contribution < 1.29 is 9.47 Å². The smallest absolute Gasteiger partial charge is 0.0954 e. The monoisotopic (exact) mass is 372 g/mol. The first kappa shape index (κ1) is 18.7. The van der Waals surface area contributed by atoms with Gasteiger partial charge in [-0.2, -0.15) is 0 Å². The largest absolute Gasteiger partial charge is 0.366 e. The Balaban J connectivity index is 1.44. The molecular weight excluding hydrogens is 332 g/mol. The van der Waals surface area contributed by atoms with Crippen LogP contribution in [0, 0.1) is 35.0 Å². The number of epoxide rings is 2. The Hall–Kier alpha value is -0.340. The summed E-state index contributed by atoms with van der Waals surface area (Å²) in [5, 5.41) is 0. The van der Waals surface area contributed by atoms with Crippen LogP contribution < -0.4 is 0 Å². The second kappa shape index (κ2) is 5.85. The Labute approximate surface area is 166 Å². The summed E-state index contributed by atoms with van der Waals surface area (Å²) in [6.45, 7) is 16.9. The minimum atomic E-state index is 0.0874. The SMILES string of the molecule is C=C1CC[C@H]2O[C@]2(C)CC[C@H]2O[C@]2(C)[C@H]2C[C@H]3[C@@H](C(C)C)CC[C@]3(C)C[C@H]12. The van der Waals surface area contributed by atoms with Gasteiger partial charge < -0.3 is 9.47 Å². The second-order valence-corrected chi connectivity index (χ2v) is 11.8. The fraction of sp³-hybridized carbons (Fsp3) is 0.920. The van der Waals surface area contributed by atoms with Crippen LogP contribution in [0.4, 0.5) is 0 Å². The van der Waals surface area contributed by atoms with Gasteiger partial charge in [0, 0.05) is 0 Å². The highest BCUT2D eigenvalue weighted by molar-refractivity contribution is 5.20. The van der Waals surface area contributed by atoms with Crippen molar-refractivity contribution in [2.24, 2.45) is 35.0 Å². The van der Waals surface area contributed by atoms with E-state index < -0.39 is 0 Å². The van der Waals surface area contributed by atoms with Gasteiger partial charge in [-0.1, -0.05) is 32.9 Å². The molecule has 3 saturated carbocycles. The molecule has 3 aliphatic carbocycles. The Kier molecular flexibility index (Phi) is 4.04. The lowest BCUT2D eigenvalue weighted by atomic mass is 9.55. The van der Waals surface area contributed by atoms with Gasteiger partial charge in [0.1, 0.15) is 0 Å². The third-order valence-corrected chi connectivity index (χ3v) is 9.90. The molecule has 9 atom stereocenters. The van der Waals surface area contributed by atoms with Crippen LogP contribution in [0.5, 0.6) is 0 Å². The summed E-state index contributed by atoms with van der Waals surface area (Å²) in [5.74, 6) is 3.92. The maximum atomic E-state index is 6.49. The van der Waals surface area contributed by atoms with Gasteiger partial charge in [-0.25, -0.2) is 0 Å². The summed E-state index contributed by atoms with van der Waals surface area (Å²) in [6.07, 6.45) is 11.1. The van der Waals surface area contributed by atoms with Crippen molar-refractivity contribution in [2.75, 3.05) is 0 Å². The number of allylic oxidation sites excluding steroid dienone is 1. The summed E-state index contributed by atoms with van der Waals surface area (Å²) in [4.78, 5) is 0. The van der Waals surface area contributed by atoms with Gasteiger partial charge in [0.05, 0.1) is 23.4 Å². The molecule has 2 heterocycles. The van der Waals surface area contributed by atoms with Crippen LogP contribution >= 0.6 is 0 Å². The summed E-state index contributed by atoms with van der Waals surface area (Å²) >= 11 is 0. The average molecular weight is 373 g/mol. The highest BCUT2D eigenvalue weighted by Crippen LogP contribution is 2.65. The predicted molar refractivity (Wildman–Crippen MR) is 110 cm³/mol. The van der Waals surface area contributed by atoms with Crippen LogP contribution in [0.15, 0.2) is 12.2 Å². The predicted octanol–water partition coefficient (Wildman–Crippen LogP) is 6.15. The van der Waals surface area contributed by atoms with E-state index in [1.165, 1.54) is 44.1 Å². The van der Waals surface area contributed by atoms with Gasteiger partial charge in [-0.15, -0.1) is 0 Å². The maximum absolute atomic E-state index is 6.49. The lowest BCUT2D eigenvalue weighted by Gasteiger charge is -2.49. The van der Waals surface area contributed by atoms with E-state index in [-0.39, 0.29) is 11.2 Å². The van der Waals surface area contributed by atoms with Gasteiger partial charge in [0.2, 0.25) is 0 Å². The van der Waals surface area contributed by atoms with Gasteiger partial charge in [0.15, 0.2) is 0 Å². The normalized spacial score (nSPS) is 57.2. The molecule has 2 aliphatic heterocycles. The van der Waals surface area contributed by atoms with Crippen LogP contribution in [0.1, 0.15) is 86.0 Å². The standard InChI is InChI=1S/C25H40O2/c1-15(2)17-9-11-23(4)14-18-16(3)7-8-21-24(5,26-21)12-10-22-25(6,27-22)20(18)13-19(17)23/h15,17-22H,3,7-14H2,1-2,4-6H3/t17-,18-,19+,20+,21-,22-,23-,24-,25-/m1/s1. The Morgan fingerprint density at radius 1 is 0.963 bits per heavy atom. The zero-order valence-corrected chi connectivity index (χ0v) is 18.2. The van der Waals surface area contributed by atoms with E-state index in [9.17, 15) is 0 Å². The molecule has 0 aromatic carbocycles. The molecule has 0 aromatic heterocycles. The number of hydrogen-bond acceptors (Lipinski definition) is 2. The molecule has 5 fully saturated rings. The van der Waals surface area contributed by atoms with Crippen molar-refractivity contribution in [3.8, 4) is 0 Å². The molecule has 0 unspecified atom stereocenters. The first-order chi connectivity index (χ1) is 12.7. The average Bonchev–Trinajstić information content (AvgIpc) is 3.41.